The summed E-state index contributed by atoms with van der Waals surface area (Å²) in [6.45, 7) is 0. The molecule has 31 heavy (non-hydrogen) atoms. The lowest BCUT2D eigenvalue weighted by atomic mass is 10.0. The molecule has 0 amide bonds. The highest BCUT2D eigenvalue weighted by atomic mass is 35.5. The number of hydrogen-bond acceptors (Lipinski definition) is 4. The summed E-state index contributed by atoms with van der Waals surface area (Å²) < 4.78 is 16.5. The monoisotopic (exact) mass is 473 g/mol. The van der Waals surface area contributed by atoms with Gasteiger partial charge in [0.2, 0.25) is 4.80 Å². The molecule has 0 fully saturated rings. The van der Waals surface area contributed by atoms with E-state index in [-0.39, 0.29) is 5.56 Å². The van der Waals surface area contributed by atoms with Crippen LogP contribution in [0.5, 0.6) is 0 Å². The van der Waals surface area contributed by atoms with E-state index in [4.69, 9.17) is 23.2 Å². The number of rotatable bonds is 4. The topological polar surface area (TPSA) is 67.5 Å². The van der Waals surface area contributed by atoms with Gasteiger partial charge in [-0.15, -0.1) is 0 Å². The Kier molecular flexibility index (Phi) is 5.91. The molecule has 3 aromatic carbocycles. The zero-order valence-electron chi connectivity index (χ0n) is 16.0. The van der Waals surface area contributed by atoms with Gasteiger partial charge in [0.1, 0.15) is 10.8 Å². The predicted octanol–water partition coefficient (Wildman–Crippen LogP) is 6.19. The van der Waals surface area contributed by atoms with E-state index in [1.54, 1.807) is 48.1 Å². The molecule has 0 saturated carbocycles. The molecule has 0 radical (unpaired) electrons. The number of halogens is 3. The smallest absolute Gasteiger partial charge is 0.338 e. The third-order valence-corrected chi connectivity index (χ3v) is 6.02. The first-order chi connectivity index (χ1) is 14.8. The average molecular weight is 474 g/mol. The van der Waals surface area contributed by atoms with Gasteiger partial charge in [0.05, 0.1) is 11.3 Å². The quantitative estimate of drug-likeness (QED) is 0.384. The number of carbonyl (C=O) groups is 1. The van der Waals surface area contributed by atoms with Crippen LogP contribution in [0, 0.1) is 5.82 Å². The molecule has 0 aliphatic rings. The molecular weight excluding hydrogens is 460 g/mol. The van der Waals surface area contributed by atoms with Gasteiger partial charge in [0.15, 0.2) is 0 Å². The van der Waals surface area contributed by atoms with Gasteiger partial charge in [0, 0.05) is 28.2 Å². The molecule has 1 heterocycles. The van der Waals surface area contributed by atoms with Crippen LogP contribution < -0.4 is 4.80 Å². The lowest BCUT2D eigenvalue weighted by Gasteiger charge is -2.08. The Morgan fingerprint density at radius 3 is 2.19 bits per heavy atom. The molecule has 4 rings (SSSR count). The van der Waals surface area contributed by atoms with Crippen LogP contribution >= 0.6 is 34.5 Å². The summed E-state index contributed by atoms with van der Waals surface area (Å²) in [5.41, 5.74) is 1.33. The van der Waals surface area contributed by atoms with Crippen molar-refractivity contribution in [3.63, 3.8) is 0 Å². The molecule has 0 saturated heterocycles. The second kappa shape index (κ2) is 8.63. The fraction of sp³-hybridized carbons (Fsp3) is 0.0455. The predicted molar refractivity (Wildman–Crippen MR) is 121 cm³/mol. The summed E-state index contributed by atoms with van der Waals surface area (Å²) in [7, 11) is 1.73. The fourth-order valence-electron chi connectivity index (χ4n) is 2.94. The van der Waals surface area contributed by atoms with Crippen molar-refractivity contribution in [2.24, 2.45) is 12.0 Å². The molecule has 5 nitrogen and oxygen atoms in total. The average Bonchev–Trinajstić information content (AvgIpc) is 3.10. The van der Waals surface area contributed by atoms with Gasteiger partial charge in [-0.25, -0.2) is 18.9 Å². The van der Waals surface area contributed by atoms with Gasteiger partial charge in [-0.3, -0.25) is 0 Å². The third-order valence-electron chi connectivity index (χ3n) is 4.46. The minimum absolute atomic E-state index is 0.125. The van der Waals surface area contributed by atoms with Gasteiger partial charge in [0.25, 0.3) is 0 Å². The Hall–Kier alpha value is -3.00. The number of aromatic nitrogens is 2. The molecule has 1 aromatic heterocycles. The Labute approximate surface area is 190 Å². The number of carboxylic acid groups (broad SMARTS) is 1. The van der Waals surface area contributed by atoms with E-state index < -0.39 is 17.3 Å². The first-order valence-corrected chi connectivity index (χ1v) is 10.6. The highest BCUT2D eigenvalue weighted by Gasteiger charge is 2.18. The molecule has 1 N–H and O–H groups in total. The molecule has 0 bridgehead atoms. The molecule has 0 unspecified atom stereocenters. The summed E-state index contributed by atoms with van der Waals surface area (Å²) in [6.07, 6.45) is 0. The number of benzene rings is 3. The van der Waals surface area contributed by atoms with Crippen molar-refractivity contribution in [3.8, 4) is 21.7 Å². The van der Waals surface area contributed by atoms with Gasteiger partial charge < -0.3 is 5.11 Å². The van der Waals surface area contributed by atoms with Gasteiger partial charge in [-0.1, -0.05) is 58.8 Å². The standard InChI is InChI=1S/C22H14Cl2FN3O2S/c1-28-22(31-20(27-28)13-4-8-15(24)9-5-13)26-16-10-17(12-2-6-14(23)7-3-12)19(25)18(11-16)21(29)30/h2-11H,1H3,(H,29,30). The second-order valence-corrected chi connectivity index (χ2v) is 8.43. The van der Waals surface area contributed by atoms with Crippen LogP contribution in [0.15, 0.2) is 65.7 Å². The molecule has 4 aromatic rings. The fourth-order valence-corrected chi connectivity index (χ4v) is 4.10. The van der Waals surface area contributed by atoms with Crippen LogP contribution in [0.25, 0.3) is 21.7 Å². The zero-order chi connectivity index (χ0) is 22.1. The van der Waals surface area contributed by atoms with E-state index >= 15 is 0 Å². The molecule has 9 heteroatoms. The second-order valence-electron chi connectivity index (χ2n) is 6.60. The summed E-state index contributed by atoms with van der Waals surface area (Å²) in [6, 6.07) is 16.4. The molecule has 0 aliphatic heterocycles. The summed E-state index contributed by atoms with van der Waals surface area (Å²) in [4.78, 5) is 16.7. The first kappa shape index (κ1) is 21.2. The van der Waals surface area contributed by atoms with E-state index in [1.807, 2.05) is 12.1 Å². The highest BCUT2D eigenvalue weighted by Crippen LogP contribution is 2.31. The van der Waals surface area contributed by atoms with Crippen molar-refractivity contribution in [2.75, 3.05) is 0 Å². The summed E-state index contributed by atoms with van der Waals surface area (Å²) in [5.74, 6) is -2.20. The van der Waals surface area contributed by atoms with Crippen LogP contribution in [0.1, 0.15) is 10.4 Å². The summed E-state index contributed by atoms with van der Waals surface area (Å²) in [5, 5.41) is 15.8. The van der Waals surface area contributed by atoms with E-state index in [0.717, 1.165) is 10.6 Å². The minimum Gasteiger partial charge on any atom is -0.478 e. The van der Waals surface area contributed by atoms with Crippen LogP contribution in [0.4, 0.5) is 10.1 Å². The SMILES string of the molecule is Cn1nc(-c2ccc(Cl)cc2)sc1=Nc1cc(C(=O)O)c(F)c(-c2ccc(Cl)cc2)c1. The van der Waals surface area contributed by atoms with Gasteiger partial charge in [-0.2, -0.15) is 5.10 Å². The molecule has 0 aliphatic carbocycles. The van der Waals surface area contributed by atoms with Crippen LogP contribution in [-0.2, 0) is 7.05 Å². The number of carboxylic acids is 1. The maximum Gasteiger partial charge on any atom is 0.338 e. The Morgan fingerprint density at radius 2 is 1.61 bits per heavy atom. The normalized spacial score (nSPS) is 11.7. The van der Waals surface area contributed by atoms with Crippen molar-refractivity contribution < 1.29 is 14.3 Å². The van der Waals surface area contributed by atoms with Crippen molar-refractivity contribution in [2.45, 2.75) is 0 Å². The molecular formula is C22H14Cl2FN3O2S. The first-order valence-electron chi connectivity index (χ1n) is 8.99. The zero-order valence-corrected chi connectivity index (χ0v) is 18.3. The van der Waals surface area contributed by atoms with Crippen LogP contribution in [-0.4, -0.2) is 20.9 Å². The maximum atomic E-state index is 14.9. The van der Waals surface area contributed by atoms with E-state index in [9.17, 15) is 14.3 Å². The Balaban J connectivity index is 1.85. The largest absolute Gasteiger partial charge is 0.478 e. The number of aryl methyl sites for hydroxylation is 1. The van der Waals surface area contributed by atoms with Crippen molar-refractivity contribution in [1.29, 1.82) is 0 Å². The Morgan fingerprint density at radius 1 is 1.03 bits per heavy atom. The molecule has 0 atom stereocenters. The minimum atomic E-state index is -1.37. The lowest BCUT2D eigenvalue weighted by Crippen LogP contribution is -2.11. The molecule has 0 spiro atoms. The van der Waals surface area contributed by atoms with E-state index in [0.29, 0.717) is 26.1 Å². The van der Waals surface area contributed by atoms with Gasteiger partial charge in [-0.05, 0) is 42.0 Å². The number of hydrogen-bond donors (Lipinski definition) is 1. The van der Waals surface area contributed by atoms with Crippen LogP contribution in [0.3, 0.4) is 0 Å². The Bertz CT molecular complexity index is 1350. The summed E-state index contributed by atoms with van der Waals surface area (Å²) >= 11 is 13.2. The highest BCUT2D eigenvalue weighted by molar-refractivity contribution is 7.12. The lowest BCUT2D eigenvalue weighted by molar-refractivity contribution is 0.0692. The van der Waals surface area contributed by atoms with Crippen LogP contribution in [0.2, 0.25) is 10.0 Å². The number of nitrogens with zero attached hydrogens (tertiary/aromatic N) is 3. The van der Waals surface area contributed by atoms with Crippen molar-refractivity contribution in [3.05, 3.63) is 86.9 Å². The van der Waals surface area contributed by atoms with E-state index in [1.165, 1.54) is 23.5 Å². The van der Waals surface area contributed by atoms with Gasteiger partial charge >= 0.3 is 5.97 Å². The number of aromatic carboxylic acids is 1. The van der Waals surface area contributed by atoms with Crippen molar-refractivity contribution in [1.82, 2.24) is 9.78 Å². The molecule has 156 valence electrons. The third kappa shape index (κ3) is 4.54. The van der Waals surface area contributed by atoms with E-state index in [2.05, 4.69) is 10.1 Å². The maximum absolute atomic E-state index is 14.9. The van der Waals surface area contributed by atoms with Crippen molar-refractivity contribution >= 4 is 46.2 Å².